The molecule has 0 fully saturated rings. The molecule has 5 aromatic carbocycles. The topological polar surface area (TPSA) is 31.0 Å². The van der Waals surface area contributed by atoms with Gasteiger partial charge in [-0.2, -0.15) is 0 Å². The number of aryl methyl sites for hydroxylation is 1. The molecule has 0 aliphatic carbocycles. The van der Waals surface area contributed by atoms with Gasteiger partial charge in [0.1, 0.15) is 11.6 Å². The number of aromatic nitrogens is 2. The van der Waals surface area contributed by atoms with E-state index in [2.05, 4.69) is 132 Å². The first-order valence-electron chi connectivity index (χ1n) is 14.0. The summed E-state index contributed by atoms with van der Waals surface area (Å²) in [6, 6.07) is 44.9. The van der Waals surface area contributed by atoms with Gasteiger partial charge in [0.2, 0.25) is 0 Å². The molecule has 0 aliphatic heterocycles. The first kappa shape index (κ1) is 24.6. The number of fused-ring (bicyclic) bond motifs is 2. The molecule has 3 aromatic heterocycles. The van der Waals surface area contributed by atoms with Gasteiger partial charge in [-0.05, 0) is 78.2 Å². The third-order valence-electron chi connectivity index (χ3n) is 7.83. The molecule has 0 spiro atoms. The molecule has 0 aliphatic rings. The van der Waals surface area contributed by atoms with Crippen molar-refractivity contribution in [2.45, 2.75) is 6.92 Å². The van der Waals surface area contributed by atoms with E-state index in [1.807, 2.05) is 12.1 Å². The van der Waals surface area contributed by atoms with E-state index in [1.165, 1.54) is 37.9 Å². The molecule has 0 bridgehead atoms. The van der Waals surface area contributed by atoms with E-state index in [0.717, 1.165) is 39.4 Å². The highest BCUT2D eigenvalue weighted by Crippen LogP contribution is 2.43. The van der Waals surface area contributed by atoms with E-state index >= 15 is 0 Å². The summed E-state index contributed by atoms with van der Waals surface area (Å²) in [5.41, 5.74) is 11.2. The quantitative estimate of drug-likeness (QED) is 0.210. The van der Waals surface area contributed by atoms with Crippen LogP contribution >= 0.6 is 11.3 Å². The van der Waals surface area contributed by atoms with Crippen molar-refractivity contribution in [1.82, 2.24) is 9.55 Å². The molecule has 3 heterocycles. The molecule has 42 heavy (non-hydrogen) atoms. The third-order valence-corrected chi connectivity index (χ3v) is 8.79. The highest BCUT2D eigenvalue weighted by Gasteiger charge is 2.23. The van der Waals surface area contributed by atoms with Gasteiger partial charge >= 0.3 is 0 Å². The maximum atomic E-state index is 5.75. The number of imidazole rings is 1. The van der Waals surface area contributed by atoms with E-state index in [4.69, 9.17) is 9.40 Å². The second-order valence-corrected chi connectivity index (χ2v) is 11.4. The van der Waals surface area contributed by atoms with Crippen molar-refractivity contribution >= 4 is 32.5 Å². The minimum atomic E-state index is 0.860. The van der Waals surface area contributed by atoms with Crippen LogP contribution in [0.5, 0.6) is 0 Å². The maximum Gasteiger partial charge on any atom is 0.147 e. The Morgan fingerprint density at radius 2 is 1.33 bits per heavy atom. The summed E-state index contributed by atoms with van der Waals surface area (Å²) in [5, 5.41) is 3.41. The first-order chi connectivity index (χ1) is 20.7. The predicted molar refractivity (Wildman–Crippen MR) is 175 cm³/mol. The Hall–Kier alpha value is -5.19. The van der Waals surface area contributed by atoms with E-state index in [1.54, 1.807) is 17.6 Å². The van der Waals surface area contributed by atoms with Crippen molar-refractivity contribution in [3.05, 3.63) is 145 Å². The van der Waals surface area contributed by atoms with Gasteiger partial charge in [-0.3, -0.25) is 4.57 Å². The van der Waals surface area contributed by atoms with Gasteiger partial charge in [0.15, 0.2) is 0 Å². The Kier molecular flexibility index (Phi) is 5.87. The fourth-order valence-electron chi connectivity index (χ4n) is 5.93. The van der Waals surface area contributed by atoms with Gasteiger partial charge in [-0.25, -0.2) is 4.98 Å². The van der Waals surface area contributed by atoms with Crippen molar-refractivity contribution in [2.24, 2.45) is 0 Å². The molecule has 0 saturated heterocycles. The monoisotopic (exact) mass is 558 g/mol. The lowest BCUT2D eigenvalue weighted by Crippen LogP contribution is -2.03. The normalized spacial score (nSPS) is 11.5. The molecule has 0 amide bonds. The number of furan rings is 1. The molecule has 8 aromatic rings. The van der Waals surface area contributed by atoms with E-state index in [-0.39, 0.29) is 0 Å². The Labute approximate surface area is 248 Å². The average molecular weight is 559 g/mol. The Morgan fingerprint density at radius 3 is 2.02 bits per heavy atom. The SMILES string of the molecule is Cc1cc(-c2ccccc2)c(-n2c(-c3csc4ccc(-c5ccco5)cc34)nc3ccccc32)c(-c2ccccc2)c1. The van der Waals surface area contributed by atoms with E-state index in [9.17, 15) is 0 Å². The lowest BCUT2D eigenvalue weighted by atomic mass is 9.93. The van der Waals surface area contributed by atoms with Crippen LogP contribution in [0.1, 0.15) is 5.56 Å². The number of benzene rings is 5. The van der Waals surface area contributed by atoms with Crippen LogP contribution in [0.25, 0.3) is 71.8 Å². The van der Waals surface area contributed by atoms with Crippen LogP contribution in [0, 0.1) is 6.92 Å². The minimum Gasteiger partial charge on any atom is -0.464 e. The Bertz CT molecular complexity index is 2130. The Morgan fingerprint density at radius 1 is 0.643 bits per heavy atom. The molecule has 200 valence electrons. The van der Waals surface area contributed by atoms with Crippen LogP contribution in [0.3, 0.4) is 0 Å². The summed E-state index contributed by atoms with van der Waals surface area (Å²) in [6.45, 7) is 2.18. The largest absolute Gasteiger partial charge is 0.464 e. The van der Waals surface area contributed by atoms with Crippen molar-refractivity contribution in [3.8, 4) is 50.7 Å². The van der Waals surface area contributed by atoms with Gasteiger partial charge in [0.05, 0.1) is 23.0 Å². The highest BCUT2D eigenvalue weighted by atomic mass is 32.1. The molecule has 4 heteroatoms. The van der Waals surface area contributed by atoms with Crippen LogP contribution in [-0.2, 0) is 0 Å². The molecule has 0 radical (unpaired) electrons. The number of hydrogen-bond donors (Lipinski definition) is 0. The summed E-state index contributed by atoms with van der Waals surface area (Å²) in [7, 11) is 0. The molecule has 0 saturated carbocycles. The van der Waals surface area contributed by atoms with Crippen LogP contribution in [0.15, 0.2) is 143 Å². The number of hydrogen-bond acceptors (Lipinski definition) is 3. The summed E-state index contributed by atoms with van der Waals surface area (Å²) in [6.07, 6.45) is 1.72. The van der Waals surface area contributed by atoms with Crippen molar-refractivity contribution in [3.63, 3.8) is 0 Å². The summed E-state index contributed by atoms with van der Waals surface area (Å²) < 4.78 is 9.35. The molecule has 3 nitrogen and oxygen atoms in total. The minimum absolute atomic E-state index is 0.860. The van der Waals surface area contributed by atoms with E-state index < -0.39 is 0 Å². The van der Waals surface area contributed by atoms with Crippen molar-refractivity contribution in [1.29, 1.82) is 0 Å². The number of thiophene rings is 1. The predicted octanol–water partition coefficient (Wildman–Crippen LogP) is 10.8. The second kappa shape index (κ2) is 10.0. The van der Waals surface area contributed by atoms with Gasteiger partial charge in [0.25, 0.3) is 0 Å². The maximum absolute atomic E-state index is 5.75. The highest BCUT2D eigenvalue weighted by molar-refractivity contribution is 7.17. The number of rotatable bonds is 5. The zero-order valence-electron chi connectivity index (χ0n) is 23.0. The van der Waals surface area contributed by atoms with E-state index in [0.29, 0.717) is 0 Å². The smallest absolute Gasteiger partial charge is 0.147 e. The first-order valence-corrected chi connectivity index (χ1v) is 14.9. The van der Waals surface area contributed by atoms with Crippen LogP contribution in [-0.4, -0.2) is 9.55 Å². The molecule has 8 rings (SSSR count). The molecule has 0 N–H and O–H groups in total. The lowest BCUT2D eigenvalue weighted by Gasteiger charge is -2.20. The summed E-state index contributed by atoms with van der Waals surface area (Å²) >= 11 is 1.75. The summed E-state index contributed by atoms with van der Waals surface area (Å²) in [5.74, 6) is 1.79. The second-order valence-electron chi connectivity index (χ2n) is 10.5. The van der Waals surface area contributed by atoms with Gasteiger partial charge < -0.3 is 4.42 Å². The number of para-hydroxylation sites is 2. The van der Waals surface area contributed by atoms with Gasteiger partial charge in [-0.1, -0.05) is 72.8 Å². The van der Waals surface area contributed by atoms with Gasteiger partial charge in [-0.15, -0.1) is 11.3 Å². The van der Waals surface area contributed by atoms with Crippen molar-refractivity contribution in [2.75, 3.05) is 0 Å². The molecular weight excluding hydrogens is 532 g/mol. The molecule has 0 atom stereocenters. The molecular formula is C38H26N2OS. The zero-order chi connectivity index (χ0) is 28.0. The average Bonchev–Trinajstić information content (AvgIpc) is 3.80. The Balaban J connectivity index is 1.49. The lowest BCUT2D eigenvalue weighted by molar-refractivity contribution is 0.582. The third kappa shape index (κ3) is 4.08. The standard InChI is InChI=1S/C38H26N2OS/c1-25-21-29(26-11-4-2-5-12-26)37(30(22-25)27-13-6-3-7-14-27)40-34-16-9-8-15-33(34)39-38(40)32-24-42-36-19-18-28(23-31(32)36)35-17-10-20-41-35/h2-24H,1H3. The van der Waals surface area contributed by atoms with Gasteiger partial charge in [0, 0.05) is 37.7 Å². The fraction of sp³-hybridized carbons (Fsp3) is 0.0263. The number of nitrogens with zero attached hydrogens (tertiary/aromatic N) is 2. The van der Waals surface area contributed by atoms with Crippen molar-refractivity contribution < 1.29 is 4.42 Å². The summed E-state index contributed by atoms with van der Waals surface area (Å²) in [4.78, 5) is 5.31. The van der Waals surface area contributed by atoms with Crippen LogP contribution < -0.4 is 0 Å². The van der Waals surface area contributed by atoms with Crippen LogP contribution in [0.2, 0.25) is 0 Å². The van der Waals surface area contributed by atoms with Crippen LogP contribution in [0.4, 0.5) is 0 Å². The molecule has 0 unspecified atom stereocenters. The fourth-order valence-corrected chi connectivity index (χ4v) is 6.85. The zero-order valence-corrected chi connectivity index (χ0v) is 23.8.